The van der Waals surface area contributed by atoms with E-state index in [9.17, 15) is 5.11 Å². The van der Waals surface area contributed by atoms with E-state index < -0.39 is 6.10 Å². The van der Waals surface area contributed by atoms with E-state index in [1.807, 2.05) is 36.4 Å². The van der Waals surface area contributed by atoms with Crippen LogP contribution < -0.4 is 0 Å². The van der Waals surface area contributed by atoms with Crippen LogP contribution >= 0.6 is 0 Å². The third kappa shape index (κ3) is 7.08. The first-order valence-corrected chi connectivity index (χ1v) is 6.28. The molecule has 19 heavy (non-hydrogen) atoms. The first-order valence-electron chi connectivity index (χ1n) is 6.28. The second-order valence-corrected chi connectivity index (χ2v) is 4.13. The highest BCUT2D eigenvalue weighted by Crippen LogP contribution is 2.03. The average molecular weight is 266 g/mol. The molecule has 1 aromatic rings. The van der Waals surface area contributed by atoms with Gasteiger partial charge in [0.25, 0.3) is 0 Å². The van der Waals surface area contributed by atoms with Crippen LogP contribution in [0.25, 0.3) is 0 Å². The lowest BCUT2D eigenvalue weighted by atomic mass is 10.2. The summed E-state index contributed by atoms with van der Waals surface area (Å²) < 4.78 is 15.5. The van der Waals surface area contributed by atoms with E-state index in [-0.39, 0.29) is 12.9 Å². The van der Waals surface area contributed by atoms with Crippen LogP contribution in [-0.4, -0.2) is 38.3 Å². The largest absolute Gasteiger partial charge is 0.387 e. The predicted octanol–water partition coefficient (Wildman–Crippen LogP) is 2.13. The van der Waals surface area contributed by atoms with Gasteiger partial charge in [-0.3, -0.25) is 0 Å². The minimum Gasteiger partial charge on any atom is -0.387 e. The number of rotatable bonds is 9. The molecule has 0 heterocycles. The van der Waals surface area contributed by atoms with E-state index in [1.165, 1.54) is 0 Å². The second-order valence-electron chi connectivity index (χ2n) is 4.13. The SMILES string of the molecule is COC(C/C=C\[C@@H](O)COCc1ccccc1)OC. The topological polar surface area (TPSA) is 47.9 Å². The third-order valence-corrected chi connectivity index (χ3v) is 2.61. The molecule has 0 aliphatic rings. The lowest BCUT2D eigenvalue weighted by Crippen LogP contribution is -2.14. The molecule has 0 aromatic heterocycles. The lowest BCUT2D eigenvalue weighted by molar-refractivity contribution is -0.0987. The zero-order chi connectivity index (χ0) is 13.9. The van der Waals surface area contributed by atoms with Gasteiger partial charge >= 0.3 is 0 Å². The molecule has 0 unspecified atom stereocenters. The molecule has 0 aliphatic carbocycles. The molecule has 0 amide bonds. The van der Waals surface area contributed by atoms with Crippen LogP contribution in [0.3, 0.4) is 0 Å². The summed E-state index contributed by atoms with van der Waals surface area (Å²) in [5.41, 5.74) is 1.09. The van der Waals surface area contributed by atoms with Gasteiger partial charge in [-0.05, 0) is 5.56 Å². The van der Waals surface area contributed by atoms with Gasteiger partial charge in [0.2, 0.25) is 0 Å². The van der Waals surface area contributed by atoms with Crippen LogP contribution in [0.4, 0.5) is 0 Å². The summed E-state index contributed by atoms with van der Waals surface area (Å²) in [5, 5.41) is 9.69. The van der Waals surface area contributed by atoms with Crippen molar-refractivity contribution >= 4 is 0 Å². The Kier molecular flexibility index (Phi) is 8.09. The molecule has 1 rings (SSSR count). The van der Waals surface area contributed by atoms with E-state index in [0.717, 1.165) is 5.56 Å². The van der Waals surface area contributed by atoms with Crippen molar-refractivity contribution in [3.8, 4) is 0 Å². The van der Waals surface area contributed by atoms with Crippen molar-refractivity contribution in [1.29, 1.82) is 0 Å². The maximum Gasteiger partial charge on any atom is 0.160 e. The van der Waals surface area contributed by atoms with Gasteiger partial charge in [-0.2, -0.15) is 0 Å². The zero-order valence-electron chi connectivity index (χ0n) is 11.5. The van der Waals surface area contributed by atoms with E-state index in [4.69, 9.17) is 14.2 Å². The summed E-state index contributed by atoms with van der Waals surface area (Å²) in [6, 6.07) is 9.87. The molecule has 1 atom stereocenters. The molecule has 4 heteroatoms. The van der Waals surface area contributed by atoms with E-state index in [1.54, 1.807) is 20.3 Å². The van der Waals surface area contributed by atoms with Crippen molar-refractivity contribution in [2.75, 3.05) is 20.8 Å². The molecule has 0 saturated carbocycles. The molecule has 1 aromatic carbocycles. The summed E-state index contributed by atoms with van der Waals surface area (Å²) >= 11 is 0. The fraction of sp³-hybridized carbons (Fsp3) is 0.467. The molecule has 1 N–H and O–H groups in total. The van der Waals surface area contributed by atoms with E-state index in [0.29, 0.717) is 13.0 Å². The quantitative estimate of drug-likeness (QED) is 0.549. The fourth-order valence-corrected chi connectivity index (χ4v) is 1.56. The highest BCUT2D eigenvalue weighted by molar-refractivity contribution is 5.13. The zero-order valence-corrected chi connectivity index (χ0v) is 11.5. The number of benzene rings is 1. The van der Waals surface area contributed by atoms with Crippen LogP contribution in [0.2, 0.25) is 0 Å². The van der Waals surface area contributed by atoms with Crippen LogP contribution in [0.5, 0.6) is 0 Å². The fourth-order valence-electron chi connectivity index (χ4n) is 1.56. The standard InChI is InChI=1S/C15H22O4/c1-17-15(18-2)10-6-9-14(16)12-19-11-13-7-4-3-5-8-13/h3-9,14-16H,10-12H2,1-2H3/b9-6-/t14-/m1/s1. The second kappa shape index (κ2) is 9.69. The number of methoxy groups -OCH3 is 2. The Morgan fingerprint density at radius 3 is 2.47 bits per heavy atom. The molecule has 0 aliphatic heterocycles. The van der Waals surface area contributed by atoms with Gasteiger partial charge in [-0.1, -0.05) is 42.5 Å². The Balaban J connectivity index is 2.17. The maximum absolute atomic E-state index is 9.69. The van der Waals surface area contributed by atoms with Crippen LogP contribution in [0.15, 0.2) is 42.5 Å². The van der Waals surface area contributed by atoms with Gasteiger partial charge in [-0.25, -0.2) is 0 Å². The van der Waals surface area contributed by atoms with Crippen molar-refractivity contribution < 1.29 is 19.3 Å². The summed E-state index contributed by atoms with van der Waals surface area (Å²) in [4.78, 5) is 0. The molecule has 4 nitrogen and oxygen atoms in total. The van der Waals surface area contributed by atoms with Crippen LogP contribution in [-0.2, 0) is 20.8 Å². The highest BCUT2D eigenvalue weighted by atomic mass is 16.7. The molecule has 106 valence electrons. The van der Waals surface area contributed by atoms with Crippen LogP contribution in [0, 0.1) is 0 Å². The summed E-state index contributed by atoms with van der Waals surface area (Å²) in [6.07, 6.45) is 3.24. The number of ether oxygens (including phenoxy) is 3. The lowest BCUT2D eigenvalue weighted by Gasteiger charge is -2.11. The maximum atomic E-state index is 9.69. The van der Waals surface area contributed by atoms with Gasteiger partial charge in [0.15, 0.2) is 6.29 Å². The van der Waals surface area contributed by atoms with Crippen molar-refractivity contribution in [1.82, 2.24) is 0 Å². The first-order chi connectivity index (χ1) is 9.26. The summed E-state index contributed by atoms with van der Waals surface area (Å²) in [5.74, 6) is 0. The number of hydrogen-bond donors (Lipinski definition) is 1. The average Bonchev–Trinajstić information content (AvgIpc) is 2.45. The Bertz CT molecular complexity index is 346. The molecule has 0 spiro atoms. The van der Waals surface area contributed by atoms with Gasteiger partial charge in [-0.15, -0.1) is 0 Å². The van der Waals surface area contributed by atoms with Crippen molar-refractivity contribution in [3.63, 3.8) is 0 Å². The number of aliphatic hydroxyl groups excluding tert-OH is 1. The van der Waals surface area contributed by atoms with Crippen molar-refractivity contribution in [2.24, 2.45) is 0 Å². The Labute approximate surface area is 114 Å². The van der Waals surface area contributed by atoms with Gasteiger partial charge < -0.3 is 19.3 Å². The molecule has 0 bridgehead atoms. The van der Waals surface area contributed by atoms with Gasteiger partial charge in [0, 0.05) is 20.6 Å². The van der Waals surface area contributed by atoms with Crippen LogP contribution in [0.1, 0.15) is 12.0 Å². The minimum atomic E-state index is -0.613. The molecular weight excluding hydrogens is 244 g/mol. The number of aliphatic hydroxyl groups is 1. The van der Waals surface area contributed by atoms with Gasteiger partial charge in [0.05, 0.1) is 19.3 Å². The minimum absolute atomic E-state index is 0.270. The number of hydrogen-bond acceptors (Lipinski definition) is 4. The Morgan fingerprint density at radius 1 is 1.16 bits per heavy atom. The molecule has 0 fully saturated rings. The van der Waals surface area contributed by atoms with Gasteiger partial charge in [0.1, 0.15) is 0 Å². The Morgan fingerprint density at radius 2 is 1.84 bits per heavy atom. The monoisotopic (exact) mass is 266 g/mol. The smallest absolute Gasteiger partial charge is 0.160 e. The van der Waals surface area contributed by atoms with Crippen molar-refractivity contribution in [3.05, 3.63) is 48.0 Å². The predicted molar refractivity (Wildman–Crippen MR) is 73.7 cm³/mol. The normalized spacial score (nSPS) is 13.3. The Hall–Kier alpha value is -1.20. The molecule has 0 radical (unpaired) electrons. The van der Waals surface area contributed by atoms with E-state index in [2.05, 4.69) is 0 Å². The summed E-state index contributed by atoms with van der Waals surface area (Å²) in [6.45, 7) is 0.778. The third-order valence-electron chi connectivity index (χ3n) is 2.61. The van der Waals surface area contributed by atoms with Crippen molar-refractivity contribution in [2.45, 2.75) is 25.4 Å². The van der Waals surface area contributed by atoms with E-state index >= 15 is 0 Å². The summed E-state index contributed by atoms with van der Waals surface area (Å²) in [7, 11) is 3.17. The molecule has 0 saturated heterocycles. The molecular formula is C15H22O4. The highest BCUT2D eigenvalue weighted by Gasteiger charge is 2.03. The first kappa shape index (κ1) is 15.9.